The smallest absolute Gasteiger partial charge is 0.278 e. The van der Waals surface area contributed by atoms with Crippen molar-refractivity contribution >= 4 is 23.2 Å². The van der Waals surface area contributed by atoms with E-state index >= 15 is 0 Å². The number of hydrogen-bond donors (Lipinski definition) is 2. The molecule has 1 aromatic heterocycles. The molecule has 0 saturated carbocycles. The van der Waals surface area contributed by atoms with E-state index in [2.05, 4.69) is 20.9 Å². The molecule has 7 nitrogen and oxygen atoms in total. The highest BCUT2D eigenvalue weighted by Gasteiger charge is 2.18. The van der Waals surface area contributed by atoms with Gasteiger partial charge in [0.15, 0.2) is 12.4 Å². The van der Waals surface area contributed by atoms with Crippen LogP contribution in [0.5, 0.6) is 5.75 Å². The summed E-state index contributed by atoms with van der Waals surface area (Å²) in [6.07, 6.45) is 0.952. The molecule has 0 atom stereocenters. The van der Waals surface area contributed by atoms with Gasteiger partial charge in [-0.2, -0.15) is 0 Å². The van der Waals surface area contributed by atoms with Gasteiger partial charge in [0.2, 0.25) is 0 Å². The van der Waals surface area contributed by atoms with E-state index in [0.717, 1.165) is 25.2 Å². The average molecular weight is 398 g/mol. The number of carbonyl (C=O) groups excluding carboxylic acids is 1. The van der Waals surface area contributed by atoms with Gasteiger partial charge in [0, 0.05) is 12.2 Å². The first kappa shape index (κ1) is 18.5. The van der Waals surface area contributed by atoms with Crippen LogP contribution < -0.4 is 15.4 Å². The highest BCUT2D eigenvalue weighted by atomic mass is 35.5. The molecular weight excluding hydrogens is 378 g/mol. The Balaban J connectivity index is 1.44. The molecule has 0 bridgehead atoms. The van der Waals surface area contributed by atoms with Gasteiger partial charge < -0.3 is 15.4 Å². The molecule has 0 spiro atoms. The molecule has 1 aliphatic rings. The van der Waals surface area contributed by atoms with Crippen molar-refractivity contribution in [2.24, 2.45) is 0 Å². The fourth-order valence-electron chi connectivity index (χ4n) is 3.13. The fourth-order valence-corrected chi connectivity index (χ4v) is 3.32. The first-order valence-electron chi connectivity index (χ1n) is 9.03. The predicted octanol–water partition coefficient (Wildman–Crippen LogP) is 3.17. The Morgan fingerprint density at radius 3 is 3.00 bits per heavy atom. The maximum absolute atomic E-state index is 12.6. The second-order valence-electron chi connectivity index (χ2n) is 6.59. The van der Waals surface area contributed by atoms with Crippen molar-refractivity contribution in [3.63, 3.8) is 0 Å². The Morgan fingerprint density at radius 1 is 1.29 bits per heavy atom. The van der Waals surface area contributed by atoms with Crippen LogP contribution in [0.15, 0.2) is 42.5 Å². The molecule has 28 heavy (non-hydrogen) atoms. The van der Waals surface area contributed by atoms with E-state index in [4.69, 9.17) is 16.3 Å². The standard InChI is InChI=1S/C20H20ClN5O2/c1-13-19(24-25-26(13)12-28-18-5-3-2-4-17(18)21)20(27)23-16-7-6-15-11-22-9-8-14(15)10-16/h2-7,10,22H,8-9,11-12H2,1H3,(H,23,27). The minimum Gasteiger partial charge on any atom is -0.470 e. The topological polar surface area (TPSA) is 81.1 Å². The van der Waals surface area contributed by atoms with Crippen molar-refractivity contribution in [1.29, 1.82) is 0 Å². The first-order valence-corrected chi connectivity index (χ1v) is 9.41. The molecule has 2 N–H and O–H groups in total. The monoisotopic (exact) mass is 397 g/mol. The number of benzene rings is 2. The molecule has 1 aliphatic heterocycles. The van der Waals surface area contributed by atoms with E-state index in [1.165, 1.54) is 15.8 Å². The van der Waals surface area contributed by atoms with E-state index in [1.807, 2.05) is 30.3 Å². The van der Waals surface area contributed by atoms with Gasteiger partial charge in [-0.05, 0) is 55.3 Å². The summed E-state index contributed by atoms with van der Waals surface area (Å²) in [6, 6.07) is 13.2. The number of anilines is 1. The molecule has 8 heteroatoms. The lowest BCUT2D eigenvalue weighted by Crippen LogP contribution is -2.23. The number of aromatic nitrogens is 3. The molecule has 0 unspecified atom stereocenters. The number of amides is 1. The number of hydrogen-bond acceptors (Lipinski definition) is 5. The summed E-state index contributed by atoms with van der Waals surface area (Å²) in [6.45, 7) is 3.71. The number of carbonyl (C=O) groups is 1. The minimum atomic E-state index is -0.296. The number of halogens is 1. The summed E-state index contributed by atoms with van der Waals surface area (Å²) in [7, 11) is 0. The van der Waals surface area contributed by atoms with Gasteiger partial charge in [-0.25, -0.2) is 4.68 Å². The summed E-state index contributed by atoms with van der Waals surface area (Å²) in [5.41, 5.74) is 4.16. The number of para-hydroxylation sites is 1. The van der Waals surface area contributed by atoms with Gasteiger partial charge in [0.25, 0.3) is 5.91 Å². The molecule has 0 aliphatic carbocycles. The molecular formula is C20H20ClN5O2. The minimum absolute atomic E-state index is 0.113. The number of rotatable bonds is 5. The largest absolute Gasteiger partial charge is 0.470 e. The first-order chi connectivity index (χ1) is 13.6. The van der Waals surface area contributed by atoms with Gasteiger partial charge in [-0.3, -0.25) is 4.79 Å². The van der Waals surface area contributed by atoms with Crippen LogP contribution in [0.3, 0.4) is 0 Å². The zero-order chi connectivity index (χ0) is 19.5. The zero-order valence-electron chi connectivity index (χ0n) is 15.4. The maximum atomic E-state index is 12.6. The SMILES string of the molecule is Cc1c(C(=O)Nc2ccc3c(c2)CCNC3)nnn1COc1ccccc1Cl. The van der Waals surface area contributed by atoms with Gasteiger partial charge in [0.05, 0.1) is 10.7 Å². The number of nitrogens with one attached hydrogen (secondary N) is 2. The molecule has 2 aromatic carbocycles. The maximum Gasteiger partial charge on any atom is 0.278 e. The summed E-state index contributed by atoms with van der Waals surface area (Å²) in [4.78, 5) is 12.6. The molecule has 4 rings (SSSR count). The average Bonchev–Trinajstić information content (AvgIpc) is 3.08. The molecule has 2 heterocycles. The van der Waals surface area contributed by atoms with Crippen LogP contribution in [-0.4, -0.2) is 27.4 Å². The highest BCUT2D eigenvalue weighted by Crippen LogP contribution is 2.24. The molecule has 0 fully saturated rings. The van der Waals surface area contributed by atoms with Crippen LogP contribution >= 0.6 is 11.6 Å². The van der Waals surface area contributed by atoms with Crippen molar-refractivity contribution in [1.82, 2.24) is 20.3 Å². The zero-order valence-corrected chi connectivity index (χ0v) is 16.2. The Bertz CT molecular complexity index is 1020. The third-order valence-electron chi connectivity index (χ3n) is 4.73. The summed E-state index contributed by atoms with van der Waals surface area (Å²) >= 11 is 6.09. The quantitative estimate of drug-likeness (QED) is 0.691. The summed E-state index contributed by atoms with van der Waals surface area (Å²) < 4.78 is 7.19. The summed E-state index contributed by atoms with van der Waals surface area (Å²) in [5, 5.41) is 14.8. The lowest BCUT2D eigenvalue weighted by molar-refractivity contribution is 0.102. The van der Waals surface area contributed by atoms with E-state index in [-0.39, 0.29) is 18.3 Å². The van der Waals surface area contributed by atoms with Crippen molar-refractivity contribution < 1.29 is 9.53 Å². The van der Waals surface area contributed by atoms with Gasteiger partial charge in [-0.15, -0.1) is 5.10 Å². The molecule has 144 valence electrons. The van der Waals surface area contributed by atoms with Gasteiger partial charge in [-0.1, -0.05) is 35.0 Å². The molecule has 0 radical (unpaired) electrons. The normalized spacial score (nSPS) is 13.1. The second kappa shape index (κ2) is 8.00. The Hall–Kier alpha value is -2.90. The molecule has 1 amide bonds. The van der Waals surface area contributed by atoms with Crippen molar-refractivity contribution in [3.8, 4) is 5.75 Å². The van der Waals surface area contributed by atoms with Crippen LogP contribution in [-0.2, 0) is 19.7 Å². The number of nitrogens with zero attached hydrogens (tertiary/aromatic N) is 3. The van der Waals surface area contributed by atoms with Crippen LogP contribution in [0.4, 0.5) is 5.69 Å². The van der Waals surface area contributed by atoms with E-state index < -0.39 is 0 Å². The van der Waals surface area contributed by atoms with Gasteiger partial charge >= 0.3 is 0 Å². The number of fused-ring (bicyclic) bond motifs is 1. The van der Waals surface area contributed by atoms with Crippen molar-refractivity contribution in [3.05, 3.63) is 70.0 Å². The molecule has 3 aromatic rings. The van der Waals surface area contributed by atoms with E-state index in [9.17, 15) is 4.79 Å². The van der Waals surface area contributed by atoms with E-state index in [0.29, 0.717) is 16.5 Å². The van der Waals surface area contributed by atoms with Gasteiger partial charge in [0.1, 0.15) is 5.75 Å². The van der Waals surface area contributed by atoms with Crippen LogP contribution in [0.1, 0.15) is 27.3 Å². The van der Waals surface area contributed by atoms with Crippen LogP contribution in [0, 0.1) is 6.92 Å². The van der Waals surface area contributed by atoms with Crippen molar-refractivity contribution in [2.75, 3.05) is 11.9 Å². The van der Waals surface area contributed by atoms with Crippen LogP contribution in [0.2, 0.25) is 5.02 Å². The lowest BCUT2D eigenvalue weighted by Gasteiger charge is -2.18. The number of ether oxygens (including phenoxy) is 1. The third kappa shape index (κ3) is 3.85. The molecule has 0 saturated heterocycles. The predicted molar refractivity (Wildman–Crippen MR) is 107 cm³/mol. The van der Waals surface area contributed by atoms with Crippen molar-refractivity contribution in [2.45, 2.75) is 26.6 Å². The lowest BCUT2D eigenvalue weighted by atomic mass is 10.0. The third-order valence-corrected chi connectivity index (χ3v) is 5.04. The Labute approximate surface area is 167 Å². The van der Waals surface area contributed by atoms with E-state index in [1.54, 1.807) is 19.1 Å². The highest BCUT2D eigenvalue weighted by molar-refractivity contribution is 6.32. The second-order valence-corrected chi connectivity index (χ2v) is 7.00. The van der Waals surface area contributed by atoms with Crippen LogP contribution in [0.25, 0.3) is 0 Å². The Morgan fingerprint density at radius 2 is 2.14 bits per heavy atom. The summed E-state index contributed by atoms with van der Waals surface area (Å²) in [5.74, 6) is 0.254. The Kier molecular flexibility index (Phi) is 5.27. The fraction of sp³-hybridized carbons (Fsp3) is 0.250.